The molecule has 1 aromatic rings. The standard InChI is InChI=1S/C18H23N3O5/c1-12(22)20-13-5-4-6-14(9-13)21-17(24)16(23)19-10-15-11-25-18(26-15)7-2-3-8-18/h4-6,9,15H,2-3,7-8,10-11H2,1H3,(H,19,23)(H,20,22)(H,21,24)/t15-/m0/s1. The number of carbonyl (C=O) groups excluding carboxylic acids is 3. The summed E-state index contributed by atoms with van der Waals surface area (Å²) in [5.41, 5.74) is 0.954. The first kappa shape index (κ1) is 18.3. The first-order chi connectivity index (χ1) is 12.5. The quantitative estimate of drug-likeness (QED) is 0.703. The van der Waals surface area contributed by atoms with Gasteiger partial charge in [0.2, 0.25) is 5.91 Å². The van der Waals surface area contributed by atoms with Gasteiger partial charge in [0.15, 0.2) is 5.79 Å². The molecule has 0 radical (unpaired) electrons. The Kier molecular flexibility index (Phi) is 5.53. The van der Waals surface area contributed by atoms with Crippen molar-refractivity contribution < 1.29 is 23.9 Å². The van der Waals surface area contributed by atoms with Crippen molar-refractivity contribution >= 4 is 29.1 Å². The number of rotatable bonds is 4. The summed E-state index contributed by atoms with van der Waals surface area (Å²) in [5, 5.41) is 7.69. The Hall–Kier alpha value is -2.45. The first-order valence-electron chi connectivity index (χ1n) is 8.74. The number of ether oxygens (including phenoxy) is 2. The summed E-state index contributed by atoms with van der Waals surface area (Å²) < 4.78 is 11.6. The molecule has 3 rings (SSSR count). The van der Waals surface area contributed by atoms with Gasteiger partial charge in [-0.3, -0.25) is 14.4 Å². The van der Waals surface area contributed by atoms with Crippen LogP contribution < -0.4 is 16.0 Å². The predicted molar refractivity (Wildman–Crippen MR) is 94.4 cm³/mol. The summed E-state index contributed by atoms with van der Waals surface area (Å²) in [6.45, 7) is 2.03. The fourth-order valence-corrected chi connectivity index (χ4v) is 3.25. The summed E-state index contributed by atoms with van der Waals surface area (Å²) >= 11 is 0. The van der Waals surface area contributed by atoms with E-state index in [1.807, 2.05) is 0 Å². The molecule has 140 valence electrons. The van der Waals surface area contributed by atoms with Crippen LogP contribution in [0.3, 0.4) is 0 Å². The molecule has 1 aliphatic carbocycles. The van der Waals surface area contributed by atoms with E-state index in [9.17, 15) is 14.4 Å². The number of anilines is 2. The zero-order valence-electron chi connectivity index (χ0n) is 14.7. The van der Waals surface area contributed by atoms with E-state index in [1.54, 1.807) is 24.3 Å². The highest BCUT2D eigenvalue weighted by Gasteiger charge is 2.43. The molecule has 0 bridgehead atoms. The molecule has 26 heavy (non-hydrogen) atoms. The highest BCUT2D eigenvalue weighted by molar-refractivity contribution is 6.39. The molecule has 3 amide bonds. The van der Waals surface area contributed by atoms with Crippen molar-refractivity contribution in [3.05, 3.63) is 24.3 Å². The third-order valence-electron chi connectivity index (χ3n) is 4.42. The van der Waals surface area contributed by atoms with E-state index in [4.69, 9.17) is 9.47 Å². The van der Waals surface area contributed by atoms with Gasteiger partial charge in [0.1, 0.15) is 6.10 Å². The molecule has 1 aliphatic heterocycles. The third-order valence-corrected chi connectivity index (χ3v) is 4.42. The van der Waals surface area contributed by atoms with Crippen LogP contribution in [0.15, 0.2) is 24.3 Å². The van der Waals surface area contributed by atoms with Gasteiger partial charge >= 0.3 is 11.8 Å². The Labute approximate surface area is 151 Å². The van der Waals surface area contributed by atoms with Crippen molar-refractivity contribution in [1.29, 1.82) is 0 Å². The topological polar surface area (TPSA) is 106 Å². The van der Waals surface area contributed by atoms with Gasteiger partial charge in [0.05, 0.1) is 6.61 Å². The maximum Gasteiger partial charge on any atom is 0.313 e. The lowest BCUT2D eigenvalue weighted by Gasteiger charge is -2.21. The zero-order chi connectivity index (χ0) is 18.6. The first-order valence-corrected chi connectivity index (χ1v) is 8.74. The lowest BCUT2D eigenvalue weighted by atomic mass is 10.2. The average molecular weight is 361 g/mol. The van der Waals surface area contributed by atoms with Crippen molar-refractivity contribution in [1.82, 2.24) is 5.32 Å². The fourth-order valence-electron chi connectivity index (χ4n) is 3.25. The van der Waals surface area contributed by atoms with Crippen LogP contribution in [0.25, 0.3) is 0 Å². The van der Waals surface area contributed by atoms with Crippen molar-refractivity contribution in [2.24, 2.45) is 0 Å². The lowest BCUT2D eigenvalue weighted by Crippen LogP contribution is -2.40. The van der Waals surface area contributed by atoms with E-state index in [0.717, 1.165) is 25.7 Å². The summed E-state index contributed by atoms with van der Waals surface area (Å²) in [5.74, 6) is -2.22. The molecule has 2 aliphatic rings. The summed E-state index contributed by atoms with van der Waals surface area (Å²) in [6.07, 6.45) is 3.68. The average Bonchev–Trinajstić information content (AvgIpc) is 3.22. The predicted octanol–water partition coefficient (Wildman–Crippen LogP) is 1.39. The molecule has 1 atom stereocenters. The molecule has 3 N–H and O–H groups in total. The van der Waals surface area contributed by atoms with E-state index < -0.39 is 17.6 Å². The van der Waals surface area contributed by atoms with E-state index in [-0.39, 0.29) is 18.6 Å². The molecule has 1 heterocycles. The molecule has 1 spiro atoms. The van der Waals surface area contributed by atoms with Crippen molar-refractivity contribution in [3.8, 4) is 0 Å². The van der Waals surface area contributed by atoms with E-state index in [2.05, 4.69) is 16.0 Å². The number of carbonyl (C=O) groups is 3. The van der Waals surface area contributed by atoms with Crippen LogP contribution in [0.1, 0.15) is 32.6 Å². The molecule has 0 aromatic heterocycles. The van der Waals surface area contributed by atoms with Crippen LogP contribution in [0.4, 0.5) is 11.4 Å². The second kappa shape index (κ2) is 7.84. The molecular formula is C18H23N3O5. The van der Waals surface area contributed by atoms with Gasteiger partial charge in [-0.15, -0.1) is 0 Å². The van der Waals surface area contributed by atoms with Crippen LogP contribution in [-0.4, -0.2) is 42.8 Å². The van der Waals surface area contributed by atoms with Crippen LogP contribution in [0.2, 0.25) is 0 Å². The largest absolute Gasteiger partial charge is 0.347 e. The Balaban J connectivity index is 1.46. The van der Waals surface area contributed by atoms with E-state index >= 15 is 0 Å². The van der Waals surface area contributed by atoms with Gasteiger partial charge in [-0.05, 0) is 31.0 Å². The van der Waals surface area contributed by atoms with Gasteiger partial charge in [-0.1, -0.05) is 6.07 Å². The second-order valence-corrected chi connectivity index (χ2v) is 6.59. The molecule has 1 saturated carbocycles. The van der Waals surface area contributed by atoms with Gasteiger partial charge in [0.25, 0.3) is 0 Å². The summed E-state index contributed by atoms with van der Waals surface area (Å²) in [6, 6.07) is 6.57. The molecule has 1 saturated heterocycles. The van der Waals surface area contributed by atoms with Crippen LogP contribution in [0.5, 0.6) is 0 Å². The maximum atomic E-state index is 12.0. The number of benzene rings is 1. The minimum absolute atomic E-state index is 0.218. The van der Waals surface area contributed by atoms with Gasteiger partial charge < -0.3 is 25.4 Å². The smallest absolute Gasteiger partial charge is 0.313 e. The molecule has 0 unspecified atom stereocenters. The Morgan fingerprint density at radius 3 is 2.50 bits per heavy atom. The molecule has 8 nitrogen and oxygen atoms in total. The molecular weight excluding hydrogens is 338 g/mol. The second-order valence-electron chi connectivity index (χ2n) is 6.59. The Morgan fingerprint density at radius 2 is 1.81 bits per heavy atom. The van der Waals surface area contributed by atoms with Gasteiger partial charge in [-0.2, -0.15) is 0 Å². The minimum Gasteiger partial charge on any atom is -0.347 e. The fraction of sp³-hybridized carbons (Fsp3) is 0.500. The number of hydrogen-bond acceptors (Lipinski definition) is 5. The highest BCUT2D eigenvalue weighted by atomic mass is 16.7. The van der Waals surface area contributed by atoms with Crippen molar-refractivity contribution in [2.45, 2.75) is 44.5 Å². The van der Waals surface area contributed by atoms with Crippen LogP contribution >= 0.6 is 0 Å². The van der Waals surface area contributed by atoms with Crippen LogP contribution in [0, 0.1) is 0 Å². The molecule has 2 fully saturated rings. The minimum atomic E-state index is -0.778. The Morgan fingerprint density at radius 1 is 1.12 bits per heavy atom. The zero-order valence-corrected chi connectivity index (χ0v) is 14.7. The lowest BCUT2D eigenvalue weighted by molar-refractivity contribution is -0.161. The summed E-state index contributed by atoms with van der Waals surface area (Å²) in [4.78, 5) is 35.1. The van der Waals surface area contributed by atoms with E-state index in [0.29, 0.717) is 18.0 Å². The normalized spacial score (nSPS) is 20.7. The molecule has 1 aromatic carbocycles. The number of nitrogens with one attached hydrogen (secondary N) is 3. The Bertz CT molecular complexity index is 700. The van der Waals surface area contributed by atoms with Gasteiger partial charge in [-0.25, -0.2) is 0 Å². The monoisotopic (exact) mass is 361 g/mol. The SMILES string of the molecule is CC(=O)Nc1cccc(NC(=O)C(=O)NC[C@H]2COC3(CCCC3)O2)c1. The third kappa shape index (κ3) is 4.59. The maximum absolute atomic E-state index is 12.0. The van der Waals surface area contributed by atoms with Crippen molar-refractivity contribution in [2.75, 3.05) is 23.8 Å². The number of amides is 3. The van der Waals surface area contributed by atoms with Crippen LogP contribution in [-0.2, 0) is 23.9 Å². The molecule has 8 heteroatoms. The van der Waals surface area contributed by atoms with Crippen molar-refractivity contribution in [3.63, 3.8) is 0 Å². The highest BCUT2D eigenvalue weighted by Crippen LogP contribution is 2.38. The summed E-state index contributed by atoms with van der Waals surface area (Å²) in [7, 11) is 0. The van der Waals surface area contributed by atoms with Gasteiger partial charge in [0, 0.05) is 37.7 Å². The number of hydrogen-bond donors (Lipinski definition) is 3. The van der Waals surface area contributed by atoms with E-state index in [1.165, 1.54) is 6.92 Å².